The number of rotatable bonds is 5. The van der Waals surface area contributed by atoms with Gasteiger partial charge < -0.3 is 5.32 Å². The lowest BCUT2D eigenvalue weighted by atomic mass is 10.2. The van der Waals surface area contributed by atoms with Crippen LogP contribution >= 0.6 is 22.9 Å². The van der Waals surface area contributed by atoms with E-state index in [0.717, 1.165) is 35.8 Å². The van der Waals surface area contributed by atoms with Crippen LogP contribution in [0.3, 0.4) is 0 Å². The van der Waals surface area contributed by atoms with Crippen LogP contribution in [-0.4, -0.2) is 21.5 Å². The Bertz CT molecular complexity index is 568. The fourth-order valence-corrected chi connectivity index (χ4v) is 2.96. The summed E-state index contributed by atoms with van der Waals surface area (Å²) in [6, 6.07) is 0. The summed E-state index contributed by atoms with van der Waals surface area (Å²) in [7, 11) is 0. The third kappa shape index (κ3) is 3.64. The van der Waals surface area contributed by atoms with Crippen LogP contribution in [0.2, 0.25) is 5.15 Å². The van der Waals surface area contributed by atoms with E-state index in [4.69, 9.17) is 11.6 Å². The van der Waals surface area contributed by atoms with Crippen LogP contribution in [0.1, 0.15) is 28.2 Å². The first-order valence-corrected chi connectivity index (χ1v) is 7.47. The van der Waals surface area contributed by atoms with Crippen LogP contribution in [0, 0.1) is 13.8 Å². The molecule has 2 heterocycles. The zero-order valence-electron chi connectivity index (χ0n) is 11.3. The van der Waals surface area contributed by atoms with Gasteiger partial charge in [0.25, 0.3) is 0 Å². The van der Waals surface area contributed by atoms with Crippen molar-refractivity contribution >= 4 is 28.8 Å². The van der Waals surface area contributed by atoms with E-state index in [2.05, 4.69) is 34.1 Å². The molecule has 0 aliphatic heterocycles. The number of hydrogen-bond acceptors (Lipinski definition) is 5. The summed E-state index contributed by atoms with van der Waals surface area (Å²) in [5, 5.41) is 5.02. The number of aryl methyl sites for hydroxylation is 2. The van der Waals surface area contributed by atoms with E-state index in [1.165, 1.54) is 4.88 Å². The number of thiazole rings is 1. The van der Waals surface area contributed by atoms with Gasteiger partial charge in [-0.3, -0.25) is 0 Å². The van der Waals surface area contributed by atoms with E-state index in [0.29, 0.717) is 11.0 Å². The Kier molecular flexibility index (Phi) is 4.71. The summed E-state index contributed by atoms with van der Waals surface area (Å²) in [5.74, 6) is 1.53. The minimum Gasteiger partial charge on any atom is -0.369 e. The molecule has 0 radical (unpaired) electrons. The second-order valence-electron chi connectivity index (χ2n) is 4.28. The second kappa shape index (κ2) is 6.30. The lowest BCUT2D eigenvalue weighted by Crippen LogP contribution is -2.10. The van der Waals surface area contributed by atoms with Crippen LogP contribution in [0.5, 0.6) is 0 Å². The first-order chi connectivity index (χ1) is 9.10. The predicted molar refractivity (Wildman–Crippen MR) is 80.2 cm³/mol. The van der Waals surface area contributed by atoms with Gasteiger partial charge in [-0.25, -0.2) is 15.0 Å². The van der Waals surface area contributed by atoms with E-state index >= 15 is 0 Å². The van der Waals surface area contributed by atoms with Gasteiger partial charge in [0.1, 0.15) is 16.8 Å². The van der Waals surface area contributed by atoms with Crippen LogP contribution in [-0.2, 0) is 12.8 Å². The Labute approximate surface area is 122 Å². The van der Waals surface area contributed by atoms with Gasteiger partial charge in [0, 0.05) is 29.6 Å². The molecule has 0 unspecified atom stereocenters. The molecule has 0 aliphatic rings. The van der Waals surface area contributed by atoms with Gasteiger partial charge in [0.15, 0.2) is 0 Å². The number of nitrogens with one attached hydrogen (secondary N) is 1. The van der Waals surface area contributed by atoms with Crippen molar-refractivity contribution in [1.82, 2.24) is 15.0 Å². The summed E-state index contributed by atoms with van der Waals surface area (Å²) in [6.07, 6.45) is 3.61. The van der Waals surface area contributed by atoms with Crippen LogP contribution < -0.4 is 5.32 Å². The topological polar surface area (TPSA) is 50.7 Å². The van der Waals surface area contributed by atoms with Gasteiger partial charge in [-0.1, -0.05) is 18.5 Å². The normalized spacial score (nSPS) is 10.7. The molecule has 19 heavy (non-hydrogen) atoms. The number of hydrogen-bond donors (Lipinski definition) is 1. The van der Waals surface area contributed by atoms with E-state index in [1.54, 1.807) is 11.3 Å². The fraction of sp³-hybridized carbons (Fsp3) is 0.462. The second-order valence-corrected chi connectivity index (χ2v) is 5.96. The average Bonchev–Trinajstić information content (AvgIpc) is 2.74. The summed E-state index contributed by atoms with van der Waals surface area (Å²) in [4.78, 5) is 14.2. The highest BCUT2D eigenvalue weighted by Crippen LogP contribution is 2.21. The Morgan fingerprint density at radius 1 is 1.32 bits per heavy atom. The highest BCUT2D eigenvalue weighted by molar-refractivity contribution is 7.11. The van der Waals surface area contributed by atoms with Crippen molar-refractivity contribution in [3.8, 4) is 0 Å². The van der Waals surface area contributed by atoms with E-state index in [-0.39, 0.29) is 0 Å². The highest BCUT2D eigenvalue weighted by Gasteiger charge is 2.09. The Morgan fingerprint density at radius 2 is 2.11 bits per heavy atom. The molecule has 2 aromatic heterocycles. The van der Waals surface area contributed by atoms with E-state index in [1.807, 2.05) is 13.1 Å². The average molecular weight is 297 g/mol. The maximum absolute atomic E-state index is 6.13. The van der Waals surface area contributed by atoms with Crippen molar-refractivity contribution in [1.29, 1.82) is 0 Å². The quantitative estimate of drug-likeness (QED) is 0.859. The van der Waals surface area contributed by atoms with E-state index < -0.39 is 0 Å². The summed E-state index contributed by atoms with van der Waals surface area (Å²) < 4.78 is 0. The molecular formula is C13H17ClN4S. The van der Waals surface area contributed by atoms with Crippen molar-refractivity contribution in [2.75, 3.05) is 11.9 Å². The lowest BCUT2D eigenvalue weighted by Gasteiger charge is -2.11. The molecule has 0 bridgehead atoms. The van der Waals surface area contributed by atoms with Gasteiger partial charge in [-0.2, -0.15) is 0 Å². The molecule has 6 heteroatoms. The number of halogens is 1. The van der Waals surface area contributed by atoms with Gasteiger partial charge in [0.05, 0.1) is 5.01 Å². The number of aromatic nitrogens is 3. The first-order valence-electron chi connectivity index (χ1n) is 6.28. The van der Waals surface area contributed by atoms with Gasteiger partial charge >= 0.3 is 0 Å². The van der Waals surface area contributed by atoms with Crippen molar-refractivity contribution in [3.05, 3.63) is 32.6 Å². The summed E-state index contributed by atoms with van der Waals surface area (Å²) in [5.41, 5.74) is 0.975. The third-order valence-electron chi connectivity index (χ3n) is 2.72. The fourth-order valence-electron chi connectivity index (χ4n) is 1.83. The van der Waals surface area contributed by atoms with Gasteiger partial charge in [-0.15, -0.1) is 11.3 Å². The molecule has 0 fully saturated rings. The third-order valence-corrected chi connectivity index (χ3v) is 4.01. The zero-order valence-corrected chi connectivity index (χ0v) is 12.9. The summed E-state index contributed by atoms with van der Waals surface area (Å²) in [6.45, 7) is 6.76. The molecule has 1 N–H and O–H groups in total. The molecule has 0 amide bonds. The Morgan fingerprint density at radius 3 is 2.74 bits per heavy atom. The van der Waals surface area contributed by atoms with E-state index in [9.17, 15) is 0 Å². The molecule has 4 nitrogen and oxygen atoms in total. The molecular weight excluding hydrogens is 280 g/mol. The molecule has 2 aromatic rings. The monoisotopic (exact) mass is 296 g/mol. The van der Waals surface area contributed by atoms with Crippen LogP contribution in [0.15, 0.2) is 6.20 Å². The van der Waals surface area contributed by atoms with Crippen molar-refractivity contribution < 1.29 is 0 Å². The molecule has 0 atom stereocenters. The van der Waals surface area contributed by atoms with Crippen LogP contribution in [0.4, 0.5) is 5.82 Å². The minimum absolute atomic E-state index is 0.544. The smallest absolute Gasteiger partial charge is 0.138 e. The van der Waals surface area contributed by atoms with Crippen molar-refractivity contribution in [2.45, 2.75) is 33.6 Å². The summed E-state index contributed by atoms with van der Waals surface area (Å²) >= 11 is 7.86. The largest absolute Gasteiger partial charge is 0.369 e. The van der Waals surface area contributed by atoms with Crippen LogP contribution in [0.25, 0.3) is 0 Å². The standard InChI is InChI=1S/C13H17ClN4S/c1-4-10-12(14)17-9(3)18-13(10)15-6-5-11-16-7-8(2)19-11/h7H,4-6H2,1-3H3,(H,15,17,18). The lowest BCUT2D eigenvalue weighted by molar-refractivity contribution is 0.943. The molecule has 0 aliphatic carbocycles. The molecule has 2 rings (SSSR count). The molecule has 0 spiro atoms. The molecule has 0 saturated heterocycles. The van der Waals surface area contributed by atoms with Crippen molar-refractivity contribution in [2.24, 2.45) is 0 Å². The van der Waals surface area contributed by atoms with Gasteiger partial charge in [-0.05, 0) is 20.3 Å². The molecule has 0 aromatic carbocycles. The maximum Gasteiger partial charge on any atom is 0.138 e. The van der Waals surface area contributed by atoms with Gasteiger partial charge in [0.2, 0.25) is 0 Å². The Balaban J connectivity index is 2.02. The van der Waals surface area contributed by atoms with Crippen molar-refractivity contribution in [3.63, 3.8) is 0 Å². The zero-order chi connectivity index (χ0) is 13.8. The first kappa shape index (κ1) is 14.2. The molecule has 0 saturated carbocycles. The SMILES string of the molecule is CCc1c(Cl)nc(C)nc1NCCc1ncc(C)s1. The minimum atomic E-state index is 0.544. The number of anilines is 1. The maximum atomic E-state index is 6.13. The predicted octanol–water partition coefficient (Wildman–Crippen LogP) is 3.42. The molecule has 102 valence electrons. The Hall–Kier alpha value is -1.20. The highest BCUT2D eigenvalue weighted by atomic mass is 35.5. The number of nitrogens with zero attached hydrogens (tertiary/aromatic N) is 3.